The molecule has 5 heteroatoms. The van der Waals surface area contributed by atoms with Crippen molar-refractivity contribution < 1.29 is 4.79 Å². The summed E-state index contributed by atoms with van der Waals surface area (Å²) in [6.07, 6.45) is 4.72. The smallest absolute Gasteiger partial charge is 0.317 e. The molecule has 2 aromatic rings. The summed E-state index contributed by atoms with van der Waals surface area (Å²) >= 11 is 0. The van der Waals surface area contributed by atoms with Crippen LogP contribution >= 0.6 is 0 Å². The van der Waals surface area contributed by atoms with Crippen molar-refractivity contribution in [2.45, 2.75) is 46.2 Å². The van der Waals surface area contributed by atoms with Gasteiger partial charge in [-0.1, -0.05) is 38.1 Å². The molecule has 0 radical (unpaired) electrons. The molecular formula is C19H28N4O. The van der Waals surface area contributed by atoms with Gasteiger partial charge in [-0.2, -0.15) is 5.10 Å². The number of amides is 2. The predicted molar refractivity (Wildman–Crippen MR) is 97.0 cm³/mol. The topological polar surface area (TPSA) is 50.2 Å². The molecule has 24 heavy (non-hydrogen) atoms. The van der Waals surface area contributed by atoms with Crippen molar-refractivity contribution in [2.75, 3.05) is 13.6 Å². The average molecular weight is 328 g/mol. The van der Waals surface area contributed by atoms with Crippen molar-refractivity contribution in [1.29, 1.82) is 0 Å². The lowest BCUT2D eigenvalue weighted by atomic mass is 10.0. The Bertz CT molecular complexity index is 646. The van der Waals surface area contributed by atoms with E-state index < -0.39 is 0 Å². The maximum Gasteiger partial charge on any atom is 0.317 e. The predicted octanol–water partition coefficient (Wildman–Crippen LogP) is 3.55. The number of aryl methyl sites for hydroxylation is 2. The molecule has 0 unspecified atom stereocenters. The third-order valence-corrected chi connectivity index (χ3v) is 4.02. The van der Waals surface area contributed by atoms with Crippen LogP contribution in [0.3, 0.4) is 0 Å². The van der Waals surface area contributed by atoms with E-state index in [2.05, 4.69) is 48.5 Å². The van der Waals surface area contributed by atoms with Gasteiger partial charge in [-0.05, 0) is 36.0 Å². The molecule has 1 heterocycles. The molecule has 0 atom stereocenters. The highest BCUT2D eigenvalue weighted by Gasteiger charge is 2.08. The number of benzene rings is 1. The molecule has 1 N–H and O–H groups in total. The first kappa shape index (κ1) is 18.0. The van der Waals surface area contributed by atoms with Crippen LogP contribution in [0.5, 0.6) is 0 Å². The van der Waals surface area contributed by atoms with Gasteiger partial charge in [0.1, 0.15) is 0 Å². The highest BCUT2D eigenvalue weighted by Crippen LogP contribution is 2.15. The fourth-order valence-corrected chi connectivity index (χ4v) is 2.51. The number of aromatic nitrogens is 2. The fourth-order valence-electron chi connectivity index (χ4n) is 2.51. The lowest BCUT2D eigenvalue weighted by molar-refractivity contribution is 0.206. The number of nitrogens with one attached hydrogen (secondary N) is 1. The molecule has 0 aliphatic rings. The number of carbonyl (C=O) groups is 1. The van der Waals surface area contributed by atoms with Crippen LogP contribution in [0.4, 0.5) is 4.79 Å². The first-order valence-corrected chi connectivity index (χ1v) is 8.52. The van der Waals surface area contributed by atoms with E-state index in [1.807, 2.05) is 31.0 Å². The molecule has 0 aliphatic heterocycles. The van der Waals surface area contributed by atoms with Crippen molar-refractivity contribution in [2.24, 2.45) is 0 Å². The lowest BCUT2D eigenvalue weighted by Crippen LogP contribution is -2.37. The van der Waals surface area contributed by atoms with E-state index in [1.165, 1.54) is 5.56 Å². The number of urea groups is 1. The molecule has 0 bridgehead atoms. The Morgan fingerprint density at radius 2 is 2.00 bits per heavy atom. The van der Waals surface area contributed by atoms with Gasteiger partial charge in [0.15, 0.2) is 0 Å². The third kappa shape index (κ3) is 5.41. The summed E-state index contributed by atoms with van der Waals surface area (Å²) < 4.78 is 1.90. The molecule has 0 saturated carbocycles. The molecule has 0 spiro atoms. The van der Waals surface area contributed by atoms with E-state index >= 15 is 0 Å². The first-order chi connectivity index (χ1) is 11.5. The Labute approximate surface area is 144 Å². The van der Waals surface area contributed by atoms with Crippen molar-refractivity contribution in [3.63, 3.8) is 0 Å². The van der Waals surface area contributed by atoms with Crippen LogP contribution < -0.4 is 5.32 Å². The van der Waals surface area contributed by atoms with Gasteiger partial charge in [-0.15, -0.1) is 0 Å². The van der Waals surface area contributed by atoms with Gasteiger partial charge in [0.05, 0.1) is 6.20 Å². The molecule has 0 aliphatic carbocycles. The molecule has 130 valence electrons. The van der Waals surface area contributed by atoms with Crippen molar-refractivity contribution in [3.05, 3.63) is 53.3 Å². The molecule has 1 aromatic carbocycles. The average Bonchev–Trinajstić information content (AvgIpc) is 2.97. The molecule has 5 nitrogen and oxygen atoms in total. The zero-order valence-electron chi connectivity index (χ0n) is 15.1. The van der Waals surface area contributed by atoms with E-state index in [1.54, 1.807) is 4.90 Å². The van der Waals surface area contributed by atoms with E-state index in [0.29, 0.717) is 19.0 Å². The maximum absolute atomic E-state index is 12.1. The van der Waals surface area contributed by atoms with Crippen molar-refractivity contribution >= 4 is 6.03 Å². The van der Waals surface area contributed by atoms with E-state index in [0.717, 1.165) is 24.1 Å². The minimum atomic E-state index is -0.0421. The van der Waals surface area contributed by atoms with Crippen molar-refractivity contribution in [1.82, 2.24) is 20.0 Å². The lowest BCUT2D eigenvalue weighted by Gasteiger charge is -2.18. The zero-order valence-corrected chi connectivity index (χ0v) is 15.1. The number of hydrogen-bond donors (Lipinski definition) is 1. The molecule has 1 aromatic heterocycles. The SMILES string of the molecule is Cc1cnn(CCCNC(=O)N(C)Cc2ccc(C(C)C)cc2)c1. The van der Waals surface area contributed by atoms with Gasteiger partial charge in [-0.3, -0.25) is 4.68 Å². The second kappa shape index (κ2) is 8.52. The van der Waals surface area contributed by atoms with E-state index in [-0.39, 0.29) is 6.03 Å². The van der Waals surface area contributed by atoms with Crippen LogP contribution in [-0.4, -0.2) is 34.3 Å². The summed E-state index contributed by atoms with van der Waals surface area (Å²) in [7, 11) is 1.82. The van der Waals surface area contributed by atoms with Gasteiger partial charge in [0.2, 0.25) is 0 Å². The highest BCUT2D eigenvalue weighted by molar-refractivity contribution is 5.73. The number of nitrogens with zero attached hydrogens (tertiary/aromatic N) is 3. The van der Waals surface area contributed by atoms with Crippen LogP contribution in [-0.2, 0) is 13.1 Å². The molecule has 0 saturated heterocycles. The van der Waals surface area contributed by atoms with Gasteiger partial charge >= 0.3 is 6.03 Å². The molecular weight excluding hydrogens is 300 g/mol. The minimum Gasteiger partial charge on any atom is -0.338 e. The zero-order chi connectivity index (χ0) is 17.5. The largest absolute Gasteiger partial charge is 0.338 e. The maximum atomic E-state index is 12.1. The normalized spacial score (nSPS) is 10.9. The van der Waals surface area contributed by atoms with Gasteiger partial charge in [0, 0.05) is 32.9 Å². The van der Waals surface area contributed by atoms with Crippen LogP contribution in [0.25, 0.3) is 0 Å². The summed E-state index contributed by atoms with van der Waals surface area (Å²) in [4.78, 5) is 13.8. The minimum absolute atomic E-state index is 0.0421. The summed E-state index contributed by atoms with van der Waals surface area (Å²) in [5.74, 6) is 0.527. The first-order valence-electron chi connectivity index (χ1n) is 8.52. The van der Waals surface area contributed by atoms with Gasteiger partial charge < -0.3 is 10.2 Å². The standard InChI is InChI=1S/C19H28N4O/c1-15(2)18-8-6-17(7-9-18)14-22(4)19(24)20-10-5-11-23-13-16(3)12-21-23/h6-9,12-13,15H,5,10-11,14H2,1-4H3,(H,20,24). The van der Waals surface area contributed by atoms with Crippen LogP contribution in [0.1, 0.15) is 42.9 Å². The molecule has 2 rings (SSSR count). The molecule has 0 fully saturated rings. The van der Waals surface area contributed by atoms with Crippen LogP contribution in [0, 0.1) is 6.92 Å². The van der Waals surface area contributed by atoms with Gasteiger partial charge in [0.25, 0.3) is 0 Å². The Balaban J connectivity index is 1.71. The Kier molecular flexibility index (Phi) is 6.41. The number of hydrogen-bond acceptors (Lipinski definition) is 2. The summed E-state index contributed by atoms with van der Waals surface area (Å²) in [6, 6.07) is 8.42. The van der Waals surface area contributed by atoms with E-state index in [9.17, 15) is 4.79 Å². The quantitative estimate of drug-likeness (QED) is 0.790. The Hall–Kier alpha value is -2.30. The second-order valence-electron chi connectivity index (χ2n) is 6.62. The van der Waals surface area contributed by atoms with E-state index in [4.69, 9.17) is 0 Å². The Morgan fingerprint density at radius 3 is 2.58 bits per heavy atom. The second-order valence-corrected chi connectivity index (χ2v) is 6.62. The van der Waals surface area contributed by atoms with Gasteiger partial charge in [-0.25, -0.2) is 4.79 Å². The number of rotatable bonds is 7. The monoisotopic (exact) mass is 328 g/mol. The summed E-state index contributed by atoms with van der Waals surface area (Å²) in [5.41, 5.74) is 3.62. The van der Waals surface area contributed by atoms with Crippen molar-refractivity contribution in [3.8, 4) is 0 Å². The van der Waals surface area contributed by atoms with Crippen LogP contribution in [0.2, 0.25) is 0 Å². The van der Waals surface area contributed by atoms with Crippen LogP contribution in [0.15, 0.2) is 36.7 Å². The fraction of sp³-hybridized carbons (Fsp3) is 0.474. The summed E-state index contributed by atoms with van der Waals surface area (Å²) in [6.45, 7) is 8.46. The third-order valence-electron chi connectivity index (χ3n) is 4.02. The Morgan fingerprint density at radius 1 is 1.29 bits per heavy atom. The number of carbonyl (C=O) groups excluding carboxylic acids is 1. The molecule has 2 amide bonds. The highest BCUT2D eigenvalue weighted by atomic mass is 16.2. The summed E-state index contributed by atoms with van der Waals surface area (Å²) in [5, 5.41) is 7.19.